The topological polar surface area (TPSA) is 29.3 Å². The monoisotopic (exact) mass is 344 g/mol. The molecule has 2 N–H and O–H groups in total. The minimum Gasteiger partial charge on any atom is -0.371 e. The van der Waals surface area contributed by atoms with Gasteiger partial charge < -0.3 is 10.6 Å². The van der Waals surface area contributed by atoms with Gasteiger partial charge in [0.25, 0.3) is 0 Å². The summed E-state index contributed by atoms with van der Waals surface area (Å²) in [6, 6.07) is 7.25. The average molecular weight is 345 g/mol. The number of halogens is 1. The summed E-state index contributed by atoms with van der Waals surface area (Å²) >= 11 is 5.48. The van der Waals surface area contributed by atoms with Gasteiger partial charge in [0.1, 0.15) is 0 Å². The molecule has 1 aromatic rings. The van der Waals surface area contributed by atoms with Crippen LogP contribution in [0, 0.1) is 0 Å². The van der Waals surface area contributed by atoms with Gasteiger partial charge in [-0.25, -0.2) is 0 Å². The predicted octanol–water partition coefficient (Wildman–Crippen LogP) is 3.92. The van der Waals surface area contributed by atoms with Gasteiger partial charge in [-0.2, -0.15) is 11.8 Å². The highest BCUT2D eigenvalue weighted by Gasteiger charge is 2.16. The Labute approximate surface area is 130 Å². The number of anilines is 1. The fourth-order valence-corrected chi connectivity index (χ4v) is 3.47. The van der Waals surface area contributed by atoms with Crippen molar-refractivity contribution in [3.63, 3.8) is 0 Å². The summed E-state index contributed by atoms with van der Waals surface area (Å²) in [7, 11) is 2.19. The van der Waals surface area contributed by atoms with Gasteiger partial charge in [0.2, 0.25) is 0 Å². The van der Waals surface area contributed by atoms with Crippen molar-refractivity contribution in [2.45, 2.75) is 38.8 Å². The molecule has 108 valence electrons. The Morgan fingerprint density at radius 2 is 2.11 bits per heavy atom. The van der Waals surface area contributed by atoms with E-state index < -0.39 is 0 Å². The average Bonchev–Trinajstić information content (AvgIpc) is 2.36. The van der Waals surface area contributed by atoms with Crippen LogP contribution in [0.4, 0.5) is 5.69 Å². The molecular formula is C15H25BrN2S. The Kier molecular flexibility index (Phi) is 7.26. The van der Waals surface area contributed by atoms with Crippen LogP contribution in [0.2, 0.25) is 0 Å². The molecule has 0 saturated heterocycles. The Morgan fingerprint density at radius 3 is 2.63 bits per heavy atom. The van der Waals surface area contributed by atoms with Gasteiger partial charge in [-0.05, 0) is 43.7 Å². The molecule has 0 spiro atoms. The lowest BCUT2D eigenvalue weighted by Gasteiger charge is -2.31. The van der Waals surface area contributed by atoms with Crippen LogP contribution in [0.3, 0.4) is 0 Å². The number of hydrogen-bond donors (Lipinski definition) is 1. The van der Waals surface area contributed by atoms with Crippen molar-refractivity contribution in [3.05, 3.63) is 28.2 Å². The van der Waals surface area contributed by atoms with Gasteiger partial charge in [0, 0.05) is 35.0 Å². The molecule has 0 aliphatic heterocycles. The lowest BCUT2D eigenvalue weighted by Crippen LogP contribution is -2.34. The van der Waals surface area contributed by atoms with Gasteiger partial charge in [-0.3, -0.25) is 0 Å². The molecule has 19 heavy (non-hydrogen) atoms. The number of rotatable bonds is 7. The van der Waals surface area contributed by atoms with E-state index in [1.807, 2.05) is 11.8 Å². The SMILES string of the molecule is CCC(CSC)N(C)c1cc(Br)ccc1CC(C)N. The molecule has 2 nitrogen and oxygen atoms in total. The summed E-state index contributed by atoms with van der Waals surface area (Å²) in [6.45, 7) is 4.31. The maximum Gasteiger partial charge on any atom is 0.0410 e. The van der Waals surface area contributed by atoms with E-state index in [9.17, 15) is 0 Å². The zero-order chi connectivity index (χ0) is 14.4. The van der Waals surface area contributed by atoms with Gasteiger partial charge in [0.05, 0.1) is 0 Å². The standard InChI is InChI=1S/C15H25BrN2S/c1-5-14(10-19-4)18(3)15-9-13(16)7-6-12(15)8-11(2)17/h6-7,9,11,14H,5,8,10,17H2,1-4H3. The first-order valence-corrected chi connectivity index (χ1v) is 8.94. The number of nitrogens with two attached hydrogens (primary N) is 1. The van der Waals surface area contributed by atoms with E-state index in [-0.39, 0.29) is 6.04 Å². The van der Waals surface area contributed by atoms with Crippen molar-refractivity contribution < 1.29 is 0 Å². The molecule has 0 heterocycles. The maximum absolute atomic E-state index is 5.96. The molecule has 0 saturated carbocycles. The highest BCUT2D eigenvalue weighted by Crippen LogP contribution is 2.28. The summed E-state index contributed by atoms with van der Waals surface area (Å²) in [4.78, 5) is 2.40. The second-order valence-electron chi connectivity index (χ2n) is 5.08. The number of nitrogens with zero attached hydrogens (tertiary/aromatic N) is 1. The second-order valence-corrected chi connectivity index (χ2v) is 6.91. The first-order chi connectivity index (χ1) is 8.99. The molecular weight excluding hydrogens is 320 g/mol. The maximum atomic E-state index is 5.96. The van der Waals surface area contributed by atoms with E-state index in [0.29, 0.717) is 6.04 Å². The minimum atomic E-state index is 0.189. The zero-order valence-electron chi connectivity index (χ0n) is 12.3. The molecule has 0 fully saturated rings. The van der Waals surface area contributed by atoms with E-state index >= 15 is 0 Å². The summed E-state index contributed by atoms with van der Waals surface area (Å²) in [5.41, 5.74) is 8.60. The third kappa shape index (κ3) is 5.01. The number of benzene rings is 1. The summed E-state index contributed by atoms with van der Waals surface area (Å²) in [5, 5.41) is 0. The summed E-state index contributed by atoms with van der Waals surface area (Å²) in [5.74, 6) is 1.15. The van der Waals surface area contributed by atoms with Crippen LogP contribution in [0.5, 0.6) is 0 Å². The van der Waals surface area contributed by atoms with Crippen molar-refractivity contribution in [2.75, 3.05) is 24.0 Å². The largest absolute Gasteiger partial charge is 0.371 e. The molecule has 0 aliphatic rings. The lowest BCUT2D eigenvalue weighted by atomic mass is 10.0. The van der Waals surface area contributed by atoms with Crippen LogP contribution in [-0.4, -0.2) is 31.1 Å². The smallest absolute Gasteiger partial charge is 0.0410 e. The van der Waals surface area contributed by atoms with Crippen molar-refractivity contribution >= 4 is 33.4 Å². The van der Waals surface area contributed by atoms with Crippen LogP contribution >= 0.6 is 27.7 Å². The van der Waals surface area contributed by atoms with Crippen LogP contribution in [-0.2, 0) is 6.42 Å². The first-order valence-electron chi connectivity index (χ1n) is 6.75. The first kappa shape index (κ1) is 16.9. The fraction of sp³-hybridized carbons (Fsp3) is 0.600. The van der Waals surface area contributed by atoms with Crippen LogP contribution in [0.25, 0.3) is 0 Å². The molecule has 2 atom stereocenters. The van der Waals surface area contributed by atoms with E-state index in [0.717, 1.165) is 23.1 Å². The highest BCUT2D eigenvalue weighted by atomic mass is 79.9. The van der Waals surface area contributed by atoms with E-state index in [1.54, 1.807) is 0 Å². The van der Waals surface area contributed by atoms with E-state index in [2.05, 4.69) is 66.2 Å². The summed E-state index contributed by atoms with van der Waals surface area (Å²) in [6.07, 6.45) is 4.24. The van der Waals surface area contributed by atoms with Crippen molar-refractivity contribution in [3.8, 4) is 0 Å². The molecule has 0 amide bonds. The molecule has 1 aromatic carbocycles. The molecule has 0 aromatic heterocycles. The summed E-state index contributed by atoms with van der Waals surface area (Å²) < 4.78 is 1.13. The second kappa shape index (κ2) is 8.18. The lowest BCUT2D eigenvalue weighted by molar-refractivity contribution is 0.664. The van der Waals surface area contributed by atoms with E-state index in [1.165, 1.54) is 11.3 Å². The van der Waals surface area contributed by atoms with Gasteiger partial charge >= 0.3 is 0 Å². The van der Waals surface area contributed by atoms with Gasteiger partial charge in [-0.15, -0.1) is 0 Å². The molecule has 4 heteroatoms. The van der Waals surface area contributed by atoms with Crippen molar-refractivity contribution in [1.29, 1.82) is 0 Å². The number of thioether (sulfide) groups is 1. The van der Waals surface area contributed by atoms with Crippen LogP contribution < -0.4 is 10.6 Å². The normalized spacial score (nSPS) is 14.2. The van der Waals surface area contributed by atoms with Gasteiger partial charge in [-0.1, -0.05) is 28.9 Å². The Hall–Kier alpha value is -0.190. The predicted molar refractivity (Wildman–Crippen MR) is 92.4 cm³/mol. The Bertz CT molecular complexity index is 396. The minimum absolute atomic E-state index is 0.189. The zero-order valence-corrected chi connectivity index (χ0v) is 14.7. The van der Waals surface area contributed by atoms with Crippen molar-refractivity contribution in [1.82, 2.24) is 0 Å². The molecule has 0 radical (unpaired) electrons. The Balaban J connectivity index is 3.04. The van der Waals surface area contributed by atoms with Crippen LogP contribution in [0.15, 0.2) is 22.7 Å². The molecule has 2 unspecified atom stereocenters. The van der Waals surface area contributed by atoms with Crippen molar-refractivity contribution in [2.24, 2.45) is 5.73 Å². The van der Waals surface area contributed by atoms with E-state index in [4.69, 9.17) is 5.73 Å². The fourth-order valence-electron chi connectivity index (χ4n) is 2.28. The van der Waals surface area contributed by atoms with Crippen LogP contribution in [0.1, 0.15) is 25.8 Å². The molecule has 0 bridgehead atoms. The van der Waals surface area contributed by atoms with Gasteiger partial charge in [0.15, 0.2) is 0 Å². The quantitative estimate of drug-likeness (QED) is 0.812. The molecule has 1 rings (SSSR count). The number of hydrogen-bond acceptors (Lipinski definition) is 3. The molecule has 0 aliphatic carbocycles. The highest BCUT2D eigenvalue weighted by molar-refractivity contribution is 9.10. The third-order valence-corrected chi connectivity index (χ3v) is 4.56. The Morgan fingerprint density at radius 1 is 1.42 bits per heavy atom. The third-order valence-electron chi connectivity index (χ3n) is 3.35.